The molecule has 0 unspecified atom stereocenters. The highest BCUT2D eigenvalue weighted by Crippen LogP contribution is 2.34. The Morgan fingerprint density at radius 3 is 2.45 bits per heavy atom. The average Bonchev–Trinajstić information content (AvgIpc) is 3.20. The molecule has 2 aromatic carbocycles. The zero-order chi connectivity index (χ0) is 22.4. The van der Waals surface area contributed by atoms with Gasteiger partial charge < -0.3 is 19.5 Å². The summed E-state index contributed by atoms with van der Waals surface area (Å²) in [5.41, 5.74) is 3.31. The Morgan fingerprint density at radius 1 is 1.00 bits per heavy atom. The van der Waals surface area contributed by atoms with Crippen molar-refractivity contribution in [2.24, 2.45) is 0 Å². The normalized spacial score (nSPS) is 11.6. The van der Waals surface area contributed by atoms with Crippen molar-refractivity contribution in [3.63, 3.8) is 0 Å². The SMILES string of the molecule is CCOc1ccc(-c2nonc2NC(=O)[C@@H](C)Oc2ccc(C)c(C)c2)cc1OCC. The van der Waals surface area contributed by atoms with E-state index in [-0.39, 0.29) is 11.7 Å². The Balaban J connectivity index is 1.76. The summed E-state index contributed by atoms with van der Waals surface area (Å²) in [5, 5.41) is 10.5. The molecule has 0 aliphatic carbocycles. The Labute approximate surface area is 181 Å². The van der Waals surface area contributed by atoms with E-state index in [0.29, 0.717) is 41.7 Å². The van der Waals surface area contributed by atoms with E-state index < -0.39 is 6.10 Å². The van der Waals surface area contributed by atoms with Gasteiger partial charge in [-0.3, -0.25) is 4.79 Å². The molecule has 1 N–H and O–H groups in total. The molecule has 1 amide bonds. The zero-order valence-corrected chi connectivity index (χ0v) is 18.4. The molecule has 31 heavy (non-hydrogen) atoms. The summed E-state index contributed by atoms with van der Waals surface area (Å²) >= 11 is 0. The minimum atomic E-state index is -0.744. The van der Waals surface area contributed by atoms with Crippen LogP contribution in [0.5, 0.6) is 17.2 Å². The fourth-order valence-corrected chi connectivity index (χ4v) is 2.92. The molecule has 0 spiro atoms. The number of nitrogens with zero attached hydrogens (tertiary/aromatic N) is 2. The number of ether oxygens (including phenoxy) is 3. The number of hydrogen-bond donors (Lipinski definition) is 1. The van der Waals surface area contributed by atoms with Gasteiger partial charge >= 0.3 is 0 Å². The third-order valence-corrected chi connectivity index (χ3v) is 4.71. The fourth-order valence-electron chi connectivity index (χ4n) is 2.92. The standard InChI is InChI=1S/C23H27N3O5/c1-6-28-19-11-9-17(13-20(19)29-7-2)21-22(26-31-25-21)24-23(27)16(5)30-18-10-8-14(3)15(4)12-18/h8-13,16H,6-7H2,1-5H3,(H,24,26,27)/t16-/m1/s1. The predicted octanol–water partition coefficient (Wildman–Crippen LogP) is 4.56. The summed E-state index contributed by atoms with van der Waals surface area (Å²) in [4.78, 5) is 12.7. The number of carbonyl (C=O) groups excluding carboxylic acids is 1. The maximum atomic E-state index is 12.7. The lowest BCUT2D eigenvalue weighted by Gasteiger charge is -2.15. The van der Waals surface area contributed by atoms with Crippen molar-refractivity contribution in [1.29, 1.82) is 0 Å². The van der Waals surface area contributed by atoms with Gasteiger partial charge in [-0.2, -0.15) is 0 Å². The summed E-state index contributed by atoms with van der Waals surface area (Å²) in [6.45, 7) is 10.5. The molecule has 3 aromatic rings. The summed E-state index contributed by atoms with van der Waals surface area (Å²) in [5.74, 6) is 1.66. The lowest BCUT2D eigenvalue weighted by Crippen LogP contribution is -2.30. The first kappa shape index (κ1) is 22.1. The van der Waals surface area contributed by atoms with Gasteiger partial charge in [0.15, 0.2) is 23.3 Å². The number of benzene rings is 2. The lowest BCUT2D eigenvalue weighted by atomic mass is 10.1. The molecule has 0 bridgehead atoms. The van der Waals surface area contributed by atoms with Crippen molar-refractivity contribution >= 4 is 11.7 Å². The predicted molar refractivity (Wildman–Crippen MR) is 117 cm³/mol. The molecule has 0 aliphatic rings. The summed E-state index contributed by atoms with van der Waals surface area (Å²) < 4.78 is 21.9. The van der Waals surface area contributed by atoms with E-state index in [9.17, 15) is 4.79 Å². The number of aryl methyl sites for hydroxylation is 2. The molecule has 0 saturated carbocycles. The molecule has 0 aliphatic heterocycles. The fraction of sp³-hybridized carbons (Fsp3) is 0.348. The molecule has 3 rings (SSSR count). The van der Waals surface area contributed by atoms with E-state index in [4.69, 9.17) is 18.8 Å². The van der Waals surface area contributed by atoms with Gasteiger partial charge in [0.05, 0.1) is 13.2 Å². The van der Waals surface area contributed by atoms with Gasteiger partial charge in [0, 0.05) is 5.56 Å². The Bertz CT molecular complexity index is 1050. The smallest absolute Gasteiger partial charge is 0.266 e. The van der Waals surface area contributed by atoms with Crippen molar-refractivity contribution in [1.82, 2.24) is 10.3 Å². The second-order valence-electron chi connectivity index (χ2n) is 6.98. The third-order valence-electron chi connectivity index (χ3n) is 4.71. The highest BCUT2D eigenvalue weighted by atomic mass is 16.6. The van der Waals surface area contributed by atoms with Crippen LogP contribution in [0.25, 0.3) is 11.3 Å². The Hall–Kier alpha value is -3.55. The van der Waals surface area contributed by atoms with Crippen LogP contribution in [-0.2, 0) is 4.79 Å². The molecular formula is C23H27N3O5. The van der Waals surface area contributed by atoms with Crippen molar-refractivity contribution in [3.8, 4) is 28.5 Å². The van der Waals surface area contributed by atoms with E-state index in [0.717, 1.165) is 11.1 Å². The van der Waals surface area contributed by atoms with Crippen LogP contribution in [-0.4, -0.2) is 35.5 Å². The molecule has 1 aromatic heterocycles. The van der Waals surface area contributed by atoms with Crippen molar-refractivity contribution in [3.05, 3.63) is 47.5 Å². The van der Waals surface area contributed by atoms with E-state index in [1.807, 2.05) is 45.9 Å². The number of amides is 1. The van der Waals surface area contributed by atoms with Gasteiger partial charge in [0.1, 0.15) is 5.75 Å². The van der Waals surface area contributed by atoms with Gasteiger partial charge in [0.2, 0.25) is 5.82 Å². The number of carbonyl (C=O) groups is 1. The number of rotatable bonds is 9. The number of anilines is 1. The minimum absolute atomic E-state index is 0.201. The van der Waals surface area contributed by atoms with Crippen LogP contribution in [0.2, 0.25) is 0 Å². The maximum absolute atomic E-state index is 12.7. The highest BCUT2D eigenvalue weighted by molar-refractivity contribution is 5.96. The summed E-state index contributed by atoms with van der Waals surface area (Å²) in [6.07, 6.45) is -0.744. The molecule has 164 valence electrons. The van der Waals surface area contributed by atoms with Gasteiger partial charge in [0.25, 0.3) is 5.91 Å². The lowest BCUT2D eigenvalue weighted by molar-refractivity contribution is -0.122. The molecule has 1 atom stereocenters. The number of nitrogens with one attached hydrogen (secondary N) is 1. The molecule has 0 saturated heterocycles. The molecule has 0 fully saturated rings. The molecule has 0 radical (unpaired) electrons. The van der Waals surface area contributed by atoms with Crippen LogP contribution in [0.4, 0.5) is 5.82 Å². The van der Waals surface area contributed by atoms with Crippen LogP contribution in [0, 0.1) is 13.8 Å². The second-order valence-corrected chi connectivity index (χ2v) is 6.98. The van der Waals surface area contributed by atoms with Crippen LogP contribution < -0.4 is 19.5 Å². The zero-order valence-electron chi connectivity index (χ0n) is 18.4. The quantitative estimate of drug-likeness (QED) is 0.537. The van der Waals surface area contributed by atoms with Crippen molar-refractivity contribution < 1.29 is 23.6 Å². The van der Waals surface area contributed by atoms with Crippen molar-refractivity contribution in [2.75, 3.05) is 18.5 Å². The van der Waals surface area contributed by atoms with E-state index in [2.05, 4.69) is 15.6 Å². The van der Waals surface area contributed by atoms with E-state index in [1.54, 1.807) is 25.1 Å². The first-order chi connectivity index (χ1) is 14.9. The average molecular weight is 425 g/mol. The molecule has 8 heteroatoms. The number of hydrogen-bond acceptors (Lipinski definition) is 7. The second kappa shape index (κ2) is 9.97. The molecular weight excluding hydrogens is 398 g/mol. The highest BCUT2D eigenvalue weighted by Gasteiger charge is 2.21. The molecule has 8 nitrogen and oxygen atoms in total. The van der Waals surface area contributed by atoms with Crippen LogP contribution >= 0.6 is 0 Å². The minimum Gasteiger partial charge on any atom is -0.490 e. The Kier molecular flexibility index (Phi) is 7.12. The van der Waals surface area contributed by atoms with Gasteiger partial charge in [-0.05, 0) is 86.4 Å². The molecule has 1 heterocycles. The number of aromatic nitrogens is 2. The van der Waals surface area contributed by atoms with Crippen molar-refractivity contribution in [2.45, 2.75) is 40.7 Å². The van der Waals surface area contributed by atoms with E-state index >= 15 is 0 Å². The largest absolute Gasteiger partial charge is 0.490 e. The monoisotopic (exact) mass is 425 g/mol. The summed E-state index contributed by atoms with van der Waals surface area (Å²) in [7, 11) is 0. The first-order valence-electron chi connectivity index (χ1n) is 10.2. The van der Waals surface area contributed by atoms with Gasteiger partial charge in [-0.25, -0.2) is 4.63 Å². The van der Waals surface area contributed by atoms with Gasteiger partial charge in [-0.15, -0.1) is 0 Å². The van der Waals surface area contributed by atoms with Crippen LogP contribution in [0.15, 0.2) is 41.0 Å². The van der Waals surface area contributed by atoms with Crippen LogP contribution in [0.1, 0.15) is 31.9 Å². The third kappa shape index (κ3) is 5.33. The van der Waals surface area contributed by atoms with Crippen LogP contribution in [0.3, 0.4) is 0 Å². The topological polar surface area (TPSA) is 95.7 Å². The Morgan fingerprint density at radius 2 is 1.74 bits per heavy atom. The van der Waals surface area contributed by atoms with E-state index in [1.165, 1.54) is 0 Å². The van der Waals surface area contributed by atoms with Gasteiger partial charge in [-0.1, -0.05) is 6.07 Å². The maximum Gasteiger partial charge on any atom is 0.266 e. The first-order valence-corrected chi connectivity index (χ1v) is 10.2. The summed E-state index contributed by atoms with van der Waals surface area (Å²) in [6, 6.07) is 11.1.